The fourth-order valence-electron chi connectivity index (χ4n) is 2.22. The van der Waals surface area contributed by atoms with Crippen molar-refractivity contribution >= 4 is 33.6 Å². The zero-order valence-electron chi connectivity index (χ0n) is 15.3. The zero-order valence-corrected chi connectivity index (χ0v) is 16.9. The first-order chi connectivity index (χ1) is 13.7. The molecular weight excluding hydrogens is 428 g/mol. The Kier molecular flexibility index (Phi) is 5.56. The highest BCUT2D eigenvalue weighted by molar-refractivity contribution is 7.89. The molecule has 0 atom stereocenters. The Morgan fingerprint density at radius 2 is 1.86 bits per heavy atom. The normalized spacial score (nSPS) is 11.2. The number of rotatable bonds is 6. The number of nitrogens with one attached hydrogen (secondary N) is 2. The molecule has 15 heteroatoms. The minimum atomic E-state index is -4.39. The SMILES string of the molecule is COc1cc(OC)nc(NC(=O)NS(=O)(=O)c2nccn2-c2nn(C)cc2Cl)n1. The molecule has 0 aromatic carbocycles. The highest BCUT2D eigenvalue weighted by atomic mass is 35.5. The highest BCUT2D eigenvalue weighted by Gasteiger charge is 2.26. The van der Waals surface area contributed by atoms with E-state index in [4.69, 9.17) is 21.1 Å². The molecule has 0 aliphatic carbocycles. The molecule has 3 aromatic rings. The molecule has 3 rings (SSSR count). The fraction of sp³-hybridized carbons (Fsp3) is 0.214. The first-order valence-electron chi connectivity index (χ1n) is 7.77. The maximum Gasteiger partial charge on any atom is 0.335 e. The Bertz CT molecular complexity index is 1140. The lowest BCUT2D eigenvalue weighted by Gasteiger charge is -2.10. The van der Waals surface area contributed by atoms with E-state index in [1.54, 1.807) is 7.05 Å². The molecular formula is C14H15ClN8O5S. The van der Waals surface area contributed by atoms with E-state index in [0.717, 1.165) is 4.57 Å². The number of hydrogen-bond acceptors (Lipinski definition) is 9. The molecule has 0 saturated heterocycles. The minimum absolute atomic E-state index is 0.107. The van der Waals surface area contributed by atoms with Crippen LogP contribution >= 0.6 is 11.6 Å². The first kappa shape index (κ1) is 20.3. The summed E-state index contributed by atoms with van der Waals surface area (Å²) in [4.78, 5) is 23.7. The first-order valence-corrected chi connectivity index (χ1v) is 9.63. The number of sulfonamides is 1. The summed E-state index contributed by atoms with van der Waals surface area (Å²) in [5.41, 5.74) is 0. The van der Waals surface area contributed by atoms with Crippen molar-refractivity contribution in [3.05, 3.63) is 29.7 Å². The second kappa shape index (κ2) is 7.92. The van der Waals surface area contributed by atoms with E-state index in [9.17, 15) is 13.2 Å². The highest BCUT2D eigenvalue weighted by Crippen LogP contribution is 2.21. The number of methoxy groups -OCH3 is 2. The van der Waals surface area contributed by atoms with Crippen molar-refractivity contribution in [1.29, 1.82) is 0 Å². The van der Waals surface area contributed by atoms with Crippen molar-refractivity contribution < 1.29 is 22.7 Å². The topological polar surface area (TPSA) is 155 Å². The van der Waals surface area contributed by atoms with Gasteiger partial charge in [-0.05, 0) is 0 Å². The van der Waals surface area contributed by atoms with Gasteiger partial charge in [-0.3, -0.25) is 14.6 Å². The van der Waals surface area contributed by atoms with E-state index < -0.39 is 21.2 Å². The molecule has 0 aliphatic heterocycles. The summed E-state index contributed by atoms with van der Waals surface area (Å²) < 4.78 is 39.5. The van der Waals surface area contributed by atoms with Crippen molar-refractivity contribution in [3.63, 3.8) is 0 Å². The summed E-state index contributed by atoms with van der Waals surface area (Å²) in [5.74, 6) is 0.115. The van der Waals surface area contributed by atoms with Crippen LogP contribution in [0.1, 0.15) is 0 Å². The number of halogens is 1. The predicted octanol–water partition coefficient (Wildman–Crippen LogP) is 0.577. The van der Waals surface area contributed by atoms with E-state index in [2.05, 4.69) is 25.4 Å². The van der Waals surface area contributed by atoms with Gasteiger partial charge in [0.15, 0.2) is 5.82 Å². The third-order valence-electron chi connectivity index (χ3n) is 3.39. The van der Waals surface area contributed by atoms with Gasteiger partial charge in [-0.15, -0.1) is 0 Å². The average molecular weight is 443 g/mol. The Morgan fingerprint density at radius 1 is 1.21 bits per heavy atom. The Morgan fingerprint density at radius 3 is 2.41 bits per heavy atom. The van der Waals surface area contributed by atoms with Crippen LogP contribution < -0.4 is 19.5 Å². The zero-order chi connectivity index (χ0) is 21.2. The van der Waals surface area contributed by atoms with Gasteiger partial charge in [0.1, 0.15) is 5.02 Å². The third kappa shape index (κ3) is 4.38. The standard InChI is InChI=1S/C14H15ClN8O5S/c1-22-7-8(15)11(20-22)23-5-4-16-14(23)29(25,26)21-13(24)19-12-17-9(27-2)6-10(18-12)28-3/h4-7H,1-3H3,(H2,17,18,19,21,24). The summed E-state index contributed by atoms with van der Waals surface area (Å²) >= 11 is 6.06. The van der Waals surface area contributed by atoms with Crippen molar-refractivity contribution in [2.45, 2.75) is 5.16 Å². The number of urea groups is 1. The maximum atomic E-state index is 12.6. The van der Waals surface area contributed by atoms with E-state index in [-0.39, 0.29) is 28.5 Å². The number of anilines is 1. The molecule has 0 saturated carbocycles. The van der Waals surface area contributed by atoms with Crippen molar-refractivity contribution in [3.8, 4) is 17.6 Å². The second-order valence-corrected chi connectivity index (χ2v) is 7.37. The van der Waals surface area contributed by atoms with Crippen molar-refractivity contribution in [1.82, 2.24) is 34.0 Å². The van der Waals surface area contributed by atoms with Gasteiger partial charge in [0.2, 0.25) is 17.7 Å². The molecule has 13 nitrogen and oxygen atoms in total. The maximum absolute atomic E-state index is 12.6. The van der Waals surface area contributed by atoms with Gasteiger partial charge in [-0.2, -0.15) is 23.5 Å². The van der Waals surface area contributed by atoms with Crippen LogP contribution in [0.4, 0.5) is 10.7 Å². The molecule has 0 aliphatic rings. The fourth-order valence-corrected chi connectivity index (χ4v) is 3.49. The van der Waals surface area contributed by atoms with Gasteiger partial charge in [-0.25, -0.2) is 14.5 Å². The smallest absolute Gasteiger partial charge is 0.335 e. The predicted molar refractivity (Wildman–Crippen MR) is 99.8 cm³/mol. The van der Waals surface area contributed by atoms with E-state index in [1.807, 2.05) is 4.72 Å². The number of hydrogen-bond donors (Lipinski definition) is 2. The minimum Gasteiger partial charge on any atom is -0.481 e. The van der Waals surface area contributed by atoms with Gasteiger partial charge in [-0.1, -0.05) is 11.6 Å². The van der Waals surface area contributed by atoms with Crippen LogP contribution in [0.15, 0.2) is 29.8 Å². The molecule has 29 heavy (non-hydrogen) atoms. The largest absolute Gasteiger partial charge is 0.481 e. The number of nitrogens with zero attached hydrogens (tertiary/aromatic N) is 6. The van der Waals surface area contributed by atoms with Crippen LogP contribution in [-0.4, -0.2) is 58.0 Å². The van der Waals surface area contributed by atoms with Crippen LogP contribution in [0.25, 0.3) is 5.82 Å². The van der Waals surface area contributed by atoms with Crippen LogP contribution in [0.3, 0.4) is 0 Å². The Hall–Kier alpha value is -3.39. The van der Waals surface area contributed by atoms with Gasteiger partial charge in [0.25, 0.3) is 15.2 Å². The molecule has 0 fully saturated rings. The summed E-state index contributed by atoms with van der Waals surface area (Å²) in [5, 5.41) is 5.98. The van der Waals surface area contributed by atoms with E-state index in [1.165, 1.54) is 43.6 Å². The number of aryl methyl sites for hydroxylation is 1. The van der Waals surface area contributed by atoms with E-state index in [0.29, 0.717) is 0 Å². The summed E-state index contributed by atoms with van der Waals surface area (Å²) in [6.07, 6.45) is 4.06. The van der Waals surface area contributed by atoms with Crippen LogP contribution in [0.2, 0.25) is 5.02 Å². The Balaban J connectivity index is 1.83. The molecule has 2 N–H and O–H groups in total. The summed E-state index contributed by atoms with van der Waals surface area (Å²) in [7, 11) is -0.0509. The average Bonchev–Trinajstić information content (AvgIpc) is 3.27. The van der Waals surface area contributed by atoms with E-state index >= 15 is 0 Å². The van der Waals surface area contributed by atoms with Gasteiger partial charge >= 0.3 is 6.03 Å². The molecule has 0 unspecified atom stereocenters. The second-order valence-electron chi connectivity index (χ2n) is 5.39. The molecule has 0 spiro atoms. The summed E-state index contributed by atoms with van der Waals surface area (Å²) in [6.45, 7) is 0. The van der Waals surface area contributed by atoms with Gasteiger partial charge < -0.3 is 9.47 Å². The van der Waals surface area contributed by atoms with Gasteiger partial charge in [0, 0.05) is 25.6 Å². The van der Waals surface area contributed by atoms with Crippen LogP contribution in [0, 0.1) is 0 Å². The lowest BCUT2D eigenvalue weighted by Crippen LogP contribution is -2.36. The number of carbonyl (C=O) groups excluding carboxylic acids is 1. The van der Waals surface area contributed by atoms with Crippen LogP contribution in [0.5, 0.6) is 11.8 Å². The molecule has 0 radical (unpaired) electrons. The number of amides is 2. The quantitative estimate of drug-likeness (QED) is 0.557. The molecule has 3 heterocycles. The summed E-state index contributed by atoms with van der Waals surface area (Å²) in [6, 6.07) is 0.259. The van der Waals surface area contributed by atoms with Crippen LogP contribution in [-0.2, 0) is 17.1 Å². The number of imidazole rings is 1. The van der Waals surface area contributed by atoms with Crippen molar-refractivity contribution in [2.24, 2.45) is 7.05 Å². The monoisotopic (exact) mass is 442 g/mol. The number of aromatic nitrogens is 6. The molecule has 2 amide bonds. The Labute approximate surface area is 169 Å². The third-order valence-corrected chi connectivity index (χ3v) is 4.89. The number of ether oxygens (including phenoxy) is 2. The van der Waals surface area contributed by atoms with Gasteiger partial charge in [0.05, 0.1) is 20.3 Å². The lowest BCUT2D eigenvalue weighted by molar-refractivity contribution is 0.256. The molecule has 3 aromatic heterocycles. The molecule has 0 bridgehead atoms. The van der Waals surface area contributed by atoms with Crippen molar-refractivity contribution in [2.75, 3.05) is 19.5 Å². The molecule has 154 valence electrons. The number of carbonyl (C=O) groups is 1. The lowest BCUT2D eigenvalue weighted by atomic mass is 10.6.